The molecule has 1 aliphatic rings. The minimum absolute atomic E-state index is 0.387. The highest BCUT2D eigenvalue weighted by Gasteiger charge is 2.39. The summed E-state index contributed by atoms with van der Waals surface area (Å²) >= 11 is -2.16. The minimum Gasteiger partial charge on any atom is -0.229 e. The Morgan fingerprint density at radius 2 is 1.90 bits per heavy atom. The van der Waals surface area contributed by atoms with Crippen LogP contribution < -0.4 is 0 Å². The zero-order valence-corrected chi connectivity index (χ0v) is 5.67. The maximum absolute atomic E-state index is 11.3. The molecule has 6 heteroatoms. The van der Waals surface area contributed by atoms with Crippen molar-refractivity contribution in [3.63, 3.8) is 0 Å². The first-order valence-corrected chi connectivity index (χ1v) is 3.79. The summed E-state index contributed by atoms with van der Waals surface area (Å²) in [5.41, 5.74) is 0. The summed E-state index contributed by atoms with van der Waals surface area (Å²) in [6, 6.07) is 0. The zero-order chi connectivity index (χ0) is 7.78. The second-order valence-corrected chi connectivity index (χ2v) is 3.34. The Balaban J connectivity index is 2.30. The molecule has 0 heterocycles. The highest BCUT2D eigenvalue weighted by Crippen LogP contribution is 2.30. The Morgan fingerprint density at radius 3 is 2.20 bits per heavy atom. The average molecular weight is 174 g/mol. The van der Waals surface area contributed by atoms with Crippen LogP contribution in [0.15, 0.2) is 0 Å². The van der Waals surface area contributed by atoms with Crippen LogP contribution in [0.3, 0.4) is 0 Å². The van der Waals surface area contributed by atoms with E-state index in [1.807, 2.05) is 0 Å². The van der Waals surface area contributed by atoms with E-state index < -0.39 is 17.4 Å². The lowest BCUT2D eigenvalue weighted by Gasteiger charge is -2.03. The van der Waals surface area contributed by atoms with Crippen molar-refractivity contribution in [2.24, 2.45) is 0 Å². The molecule has 1 saturated carbocycles. The summed E-state index contributed by atoms with van der Waals surface area (Å²) in [4.78, 5) is 0. The molecule has 1 aliphatic carbocycles. The van der Waals surface area contributed by atoms with Crippen molar-refractivity contribution < 1.29 is 21.6 Å². The predicted octanol–water partition coefficient (Wildman–Crippen LogP) is 1.35. The van der Waals surface area contributed by atoms with Crippen LogP contribution in [0.2, 0.25) is 0 Å². The van der Waals surface area contributed by atoms with Crippen LogP contribution in [-0.4, -0.2) is 15.8 Å². The molecule has 10 heavy (non-hydrogen) atoms. The van der Waals surface area contributed by atoms with Gasteiger partial charge in [0.1, 0.15) is 0 Å². The normalized spacial score (nSPS) is 22.7. The molecule has 1 atom stereocenters. The zero-order valence-electron chi connectivity index (χ0n) is 4.85. The van der Waals surface area contributed by atoms with Crippen molar-refractivity contribution in [3.05, 3.63) is 0 Å². The van der Waals surface area contributed by atoms with Crippen molar-refractivity contribution in [2.75, 3.05) is 0 Å². The van der Waals surface area contributed by atoms with E-state index in [2.05, 4.69) is 4.18 Å². The Labute approximate surface area is 58.0 Å². The van der Waals surface area contributed by atoms with Gasteiger partial charge in [-0.3, -0.25) is 0 Å². The topological polar surface area (TPSA) is 26.3 Å². The number of hydrogen-bond donors (Lipinski definition) is 0. The van der Waals surface area contributed by atoms with Gasteiger partial charge in [0.15, 0.2) is 11.1 Å². The van der Waals surface area contributed by atoms with Crippen LogP contribution in [0.4, 0.5) is 13.2 Å². The van der Waals surface area contributed by atoms with E-state index in [9.17, 15) is 17.4 Å². The van der Waals surface area contributed by atoms with E-state index in [1.165, 1.54) is 0 Å². The molecule has 0 N–H and O–H groups in total. The predicted molar refractivity (Wildman–Crippen MR) is 28.3 cm³/mol. The molecule has 0 aromatic heterocycles. The van der Waals surface area contributed by atoms with Crippen LogP contribution in [0, 0.1) is 0 Å². The summed E-state index contributed by atoms with van der Waals surface area (Å²) in [7, 11) is 0. The van der Waals surface area contributed by atoms with Crippen molar-refractivity contribution in [2.45, 2.75) is 24.5 Å². The molecule has 1 rings (SSSR count). The van der Waals surface area contributed by atoms with Gasteiger partial charge >= 0.3 is 6.36 Å². The van der Waals surface area contributed by atoms with Gasteiger partial charge in [-0.05, 0) is 12.8 Å². The van der Waals surface area contributed by atoms with Crippen LogP contribution in [-0.2, 0) is 15.3 Å². The van der Waals surface area contributed by atoms with Gasteiger partial charge in [-0.15, -0.1) is 13.2 Å². The number of alkyl halides is 3. The third kappa shape index (κ3) is 2.66. The summed E-state index contributed by atoms with van der Waals surface area (Å²) in [6.07, 6.45) is -3.61. The molecule has 0 saturated heterocycles. The van der Waals surface area contributed by atoms with E-state index >= 15 is 0 Å². The third-order valence-electron chi connectivity index (χ3n) is 0.973. The lowest BCUT2D eigenvalue weighted by atomic mass is 11.0. The molecule has 0 radical (unpaired) electrons. The van der Waals surface area contributed by atoms with Crippen LogP contribution in [0.1, 0.15) is 12.8 Å². The number of halogens is 3. The molecular formula is C4H5F3O2S. The summed E-state index contributed by atoms with van der Waals surface area (Å²) in [6.45, 7) is 0. The van der Waals surface area contributed by atoms with Gasteiger partial charge in [-0.1, -0.05) is 0 Å². The molecule has 2 nitrogen and oxygen atoms in total. The third-order valence-corrected chi connectivity index (χ3v) is 2.34. The molecule has 1 unspecified atom stereocenters. The Hall–Kier alpha value is -0.100. The second kappa shape index (κ2) is 2.50. The van der Waals surface area contributed by atoms with Gasteiger partial charge in [0.25, 0.3) is 0 Å². The average Bonchev–Trinajstić information content (AvgIpc) is 2.35. The Bertz CT molecular complexity index is 151. The van der Waals surface area contributed by atoms with Gasteiger partial charge in [-0.2, -0.15) is 4.18 Å². The van der Waals surface area contributed by atoms with E-state index in [4.69, 9.17) is 0 Å². The van der Waals surface area contributed by atoms with Gasteiger partial charge < -0.3 is 0 Å². The molecule has 0 bridgehead atoms. The van der Waals surface area contributed by atoms with E-state index in [0.29, 0.717) is 12.8 Å². The first-order valence-electron chi connectivity index (χ1n) is 2.66. The summed E-state index contributed by atoms with van der Waals surface area (Å²) < 4.78 is 47.5. The Kier molecular flexibility index (Phi) is 2.00. The summed E-state index contributed by atoms with van der Waals surface area (Å²) in [5, 5.41) is -0.387. The van der Waals surface area contributed by atoms with Crippen molar-refractivity contribution >= 4 is 11.1 Å². The molecule has 0 amide bonds. The highest BCUT2D eigenvalue weighted by atomic mass is 32.2. The van der Waals surface area contributed by atoms with Gasteiger partial charge in [0, 0.05) is 0 Å². The monoisotopic (exact) mass is 174 g/mol. The Morgan fingerprint density at radius 1 is 1.40 bits per heavy atom. The molecule has 0 spiro atoms. The van der Waals surface area contributed by atoms with Crippen LogP contribution in [0.25, 0.3) is 0 Å². The van der Waals surface area contributed by atoms with Crippen LogP contribution >= 0.6 is 0 Å². The van der Waals surface area contributed by atoms with Gasteiger partial charge in [-0.25, -0.2) is 4.21 Å². The maximum atomic E-state index is 11.3. The molecule has 60 valence electrons. The minimum atomic E-state index is -4.76. The summed E-state index contributed by atoms with van der Waals surface area (Å²) in [5.74, 6) is 0. The molecule has 1 fully saturated rings. The fourth-order valence-electron chi connectivity index (χ4n) is 0.422. The lowest BCUT2D eigenvalue weighted by Crippen LogP contribution is -2.17. The fraction of sp³-hybridized carbons (Fsp3) is 1.00. The first-order chi connectivity index (χ1) is 4.49. The second-order valence-electron chi connectivity index (χ2n) is 1.99. The van der Waals surface area contributed by atoms with E-state index in [-0.39, 0.29) is 5.25 Å². The van der Waals surface area contributed by atoms with Crippen molar-refractivity contribution in [1.29, 1.82) is 0 Å². The van der Waals surface area contributed by atoms with Crippen molar-refractivity contribution in [1.82, 2.24) is 0 Å². The van der Waals surface area contributed by atoms with E-state index in [0.717, 1.165) is 0 Å². The van der Waals surface area contributed by atoms with Gasteiger partial charge in [0.2, 0.25) is 0 Å². The number of rotatable bonds is 2. The van der Waals surface area contributed by atoms with Crippen LogP contribution in [0.5, 0.6) is 0 Å². The fourth-order valence-corrected chi connectivity index (χ4v) is 1.26. The molecule has 0 aliphatic heterocycles. The van der Waals surface area contributed by atoms with E-state index in [1.54, 1.807) is 0 Å². The standard InChI is InChI=1S/C4H5F3O2S/c5-4(6,7)9-10(8)3-1-2-3/h3H,1-2H2. The molecule has 0 aromatic carbocycles. The number of hydrogen-bond acceptors (Lipinski definition) is 2. The lowest BCUT2D eigenvalue weighted by molar-refractivity contribution is -0.269. The quantitative estimate of drug-likeness (QED) is 0.631. The maximum Gasteiger partial charge on any atom is 0.535 e. The van der Waals surface area contributed by atoms with Crippen molar-refractivity contribution in [3.8, 4) is 0 Å². The first kappa shape index (κ1) is 8.00. The highest BCUT2D eigenvalue weighted by molar-refractivity contribution is 7.81. The smallest absolute Gasteiger partial charge is 0.229 e. The molecular weight excluding hydrogens is 169 g/mol. The largest absolute Gasteiger partial charge is 0.535 e. The molecule has 0 aromatic rings. The SMILES string of the molecule is O=S(OC(F)(F)F)C1CC1. The van der Waals surface area contributed by atoms with Gasteiger partial charge in [0.05, 0.1) is 5.25 Å².